The van der Waals surface area contributed by atoms with Crippen LogP contribution in [0, 0.1) is 0 Å². The van der Waals surface area contributed by atoms with Crippen molar-refractivity contribution in [3.63, 3.8) is 0 Å². The maximum Gasteiger partial charge on any atom is 0.418 e. The van der Waals surface area contributed by atoms with E-state index in [1.807, 2.05) is 0 Å². The highest BCUT2D eigenvalue weighted by atomic mass is 16.5. The third-order valence-electron chi connectivity index (χ3n) is 3.07. The lowest BCUT2D eigenvalue weighted by Gasteiger charge is -2.19. The van der Waals surface area contributed by atoms with E-state index >= 15 is 0 Å². The van der Waals surface area contributed by atoms with E-state index in [-0.39, 0.29) is 12.2 Å². The van der Waals surface area contributed by atoms with Gasteiger partial charge >= 0.3 is 6.47 Å². The number of ether oxygens (including phenoxy) is 4. The Kier molecular flexibility index (Phi) is 6.63. The maximum absolute atomic E-state index is 12.0. The van der Waals surface area contributed by atoms with Crippen molar-refractivity contribution >= 4 is 18.3 Å². The Balaban J connectivity index is 2.96. The molecule has 0 aromatic heterocycles. The van der Waals surface area contributed by atoms with Gasteiger partial charge in [0.2, 0.25) is 5.75 Å². The predicted molar refractivity (Wildman–Crippen MR) is 85.6 cm³/mol. The largest absolute Gasteiger partial charge is 0.493 e. The monoisotopic (exact) mass is 321 g/mol. The lowest BCUT2D eigenvalue weighted by Crippen LogP contribution is -2.26. The van der Waals surface area contributed by atoms with Crippen LogP contribution in [0.2, 0.25) is 0 Å². The van der Waals surface area contributed by atoms with E-state index in [4.69, 9.17) is 18.9 Å². The van der Waals surface area contributed by atoms with Crippen molar-refractivity contribution in [3.8, 4) is 17.2 Å². The van der Waals surface area contributed by atoms with Crippen molar-refractivity contribution in [1.29, 1.82) is 0 Å². The van der Waals surface area contributed by atoms with Gasteiger partial charge in [0.15, 0.2) is 17.3 Å². The van der Waals surface area contributed by atoms with Gasteiger partial charge in [-0.3, -0.25) is 4.79 Å². The third-order valence-corrected chi connectivity index (χ3v) is 3.07. The molecule has 1 rings (SSSR count). The Morgan fingerprint density at radius 2 is 1.70 bits per heavy atom. The van der Waals surface area contributed by atoms with Crippen molar-refractivity contribution in [1.82, 2.24) is 0 Å². The van der Waals surface area contributed by atoms with Crippen LogP contribution in [0.1, 0.15) is 25.8 Å². The van der Waals surface area contributed by atoms with Gasteiger partial charge in [-0.1, -0.05) is 6.08 Å². The minimum absolute atomic E-state index is 0.0587. The van der Waals surface area contributed by atoms with Gasteiger partial charge in [0.25, 0.3) is 0 Å². The molecule has 0 aliphatic heterocycles. The summed E-state index contributed by atoms with van der Waals surface area (Å²) in [5.41, 5.74) is -0.174. The second-order valence-electron chi connectivity index (χ2n) is 5.38. The molecule has 6 heteroatoms. The summed E-state index contributed by atoms with van der Waals surface area (Å²) in [6, 6.07) is 3.46. The number of carbonyl (C=O) groups excluding carboxylic acids is 2. The molecular formula is C17H21O6. The van der Waals surface area contributed by atoms with Crippen molar-refractivity contribution in [2.45, 2.75) is 25.9 Å². The molecule has 0 atom stereocenters. The average molecular weight is 321 g/mol. The molecule has 0 unspecified atom stereocenters. The average Bonchev–Trinajstić information content (AvgIpc) is 2.51. The fourth-order valence-corrected chi connectivity index (χ4v) is 2.01. The van der Waals surface area contributed by atoms with Crippen LogP contribution in [-0.4, -0.2) is 39.2 Å². The van der Waals surface area contributed by atoms with Crippen molar-refractivity contribution < 1.29 is 28.5 Å². The first kappa shape index (κ1) is 18.5. The minimum atomic E-state index is -0.890. The Labute approximate surface area is 136 Å². The van der Waals surface area contributed by atoms with E-state index in [9.17, 15) is 9.59 Å². The Hall–Kier alpha value is -2.50. The van der Waals surface area contributed by atoms with Crippen LogP contribution in [0.4, 0.5) is 0 Å². The van der Waals surface area contributed by atoms with E-state index in [0.29, 0.717) is 22.8 Å². The van der Waals surface area contributed by atoms with Crippen LogP contribution < -0.4 is 14.2 Å². The van der Waals surface area contributed by atoms with E-state index in [1.54, 1.807) is 32.1 Å². The summed E-state index contributed by atoms with van der Waals surface area (Å²) in [4.78, 5) is 22.2. The quantitative estimate of drug-likeness (QED) is 0.651. The van der Waals surface area contributed by atoms with Crippen LogP contribution in [0.5, 0.6) is 17.2 Å². The number of hydrogen-bond acceptors (Lipinski definition) is 6. The third kappa shape index (κ3) is 5.32. The number of ketones is 1. The van der Waals surface area contributed by atoms with Gasteiger partial charge in [-0.2, -0.15) is 0 Å². The summed E-state index contributed by atoms with van der Waals surface area (Å²) < 4.78 is 20.5. The van der Waals surface area contributed by atoms with Crippen LogP contribution in [-0.2, 0) is 14.3 Å². The SMILES string of the molecule is COc1cc(C=CC(=O)CC(C)(C)O[C]=O)cc(OC)c1OC. The van der Waals surface area contributed by atoms with Gasteiger partial charge in [0.1, 0.15) is 5.60 Å². The Bertz CT molecular complexity index is 564. The molecule has 0 heterocycles. The highest BCUT2D eigenvalue weighted by Gasteiger charge is 2.22. The molecule has 0 bridgehead atoms. The number of rotatable bonds is 9. The first-order valence-electron chi connectivity index (χ1n) is 6.93. The molecular weight excluding hydrogens is 300 g/mol. The molecule has 0 fully saturated rings. The summed E-state index contributed by atoms with van der Waals surface area (Å²) in [7, 11) is 4.56. The van der Waals surface area contributed by atoms with Crippen molar-refractivity contribution in [2.24, 2.45) is 0 Å². The fourth-order valence-electron chi connectivity index (χ4n) is 2.01. The molecule has 0 N–H and O–H groups in total. The predicted octanol–water partition coefficient (Wildman–Crippen LogP) is 2.55. The molecule has 125 valence electrons. The summed E-state index contributed by atoms with van der Waals surface area (Å²) in [6.07, 6.45) is 3.10. The molecule has 1 radical (unpaired) electrons. The topological polar surface area (TPSA) is 71.1 Å². The number of carbonyl (C=O) groups is 1. The van der Waals surface area contributed by atoms with Gasteiger partial charge in [-0.25, -0.2) is 4.79 Å². The van der Waals surface area contributed by atoms with E-state index in [1.165, 1.54) is 33.9 Å². The van der Waals surface area contributed by atoms with E-state index in [2.05, 4.69) is 0 Å². The zero-order chi connectivity index (χ0) is 17.5. The normalized spacial score (nSPS) is 11.2. The smallest absolute Gasteiger partial charge is 0.418 e. The summed E-state index contributed by atoms with van der Waals surface area (Å²) >= 11 is 0. The first-order chi connectivity index (χ1) is 10.9. The van der Waals surface area contributed by atoms with Gasteiger partial charge in [-0.05, 0) is 37.6 Å². The van der Waals surface area contributed by atoms with Crippen LogP contribution in [0.25, 0.3) is 6.08 Å². The number of benzene rings is 1. The molecule has 6 nitrogen and oxygen atoms in total. The van der Waals surface area contributed by atoms with E-state index < -0.39 is 5.60 Å². The molecule has 0 aliphatic carbocycles. The molecule has 0 spiro atoms. The lowest BCUT2D eigenvalue weighted by atomic mass is 10.0. The Morgan fingerprint density at radius 1 is 1.13 bits per heavy atom. The highest BCUT2D eigenvalue weighted by Crippen LogP contribution is 2.38. The van der Waals surface area contributed by atoms with Crippen molar-refractivity contribution in [3.05, 3.63) is 23.8 Å². The van der Waals surface area contributed by atoms with Gasteiger partial charge in [-0.15, -0.1) is 0 Å². The van der Waals surface area contributed by atoms with Crippen molar-refractivity contribution in [2.75, 3.05) is 21.3 Å². The molecule has 1 aromatic carbocycles. The molecule has 1 aromatic rings. The maximum atomic E-state index is 12.0. The molecule has 0 aliphatic rings. The molecule has 0 saturated carbocycles. The van der Waals surface area contributed by atoms with Gasteiger partial charge in [0, 0.05) is 6.42 Å². The fraction of sp³-hybridized carbons (Fsp3) is 0.412. The summed E-state index contributed by atoms with van der Waals surface area (Å²) in [5, 5.41) is 0. The zero-order valence-corrected chi connectivity index (χ0v) is 14.0. The molecule has 0 saturated heterocycles. The summed E-state index contributed by atoms with van der Waals surface area (Å²) in [6.45, 7) is 4.64. The van der Waals surface area contributed by atoms with Crippen LogP contribution >= 0.6 is 0 Å². The number of allylic oxidation sites excluding steroid dienone is 1. The van der Waals surface area contributed by atoms with Crippen LogP contribution in [0.3, 0.4) is 0 Å². The lowest BCUT2D eigenvalue weighted by molar-refractivity contribution is -0.117. The minimum Gasteiger partial charge on any atom is -0.493 e. The zero-order valence-electron chi connectivity index (χ0n) is 14.0. The number of hydrogen-bond donors (Lipinski definition) is 0. The molecule has 23 heavy (non-hydrogen) atoms. The first-order valence-corrected chi connectivity index (χ1v) is 6.93. The second-order valence-corrected chi connectivity index (χ2v) is 5.38. The van der Waals surface area contributed by atoms with Gasteiger partial charge < -0.3 is 18.9 Å². The summed E-state index contributed by atoms with van der Waals surface area (Å²) in [5.74, 6) is 1.30. The highest BCUT2D eigenvalue weighted by molar-refractivity contribution is 5.94. The number of methoxy groups -OCH3 is 3. The van der Waals surface area contributed by atoms with E-state index in [0.717, 1.165) is 0 Å². The Morgan fingerprint density at radius 3 is 2.13 bits per heavy atom. The molecule has 0 amide bonds. The second kappa shape index (κ2) is 8.22. The van der Waals surface area contributed by atoms with Crippen LogP contribution in [0.15, 0.2) is 18.2 Å². The van der Waals surface area contributed by atoms with Gasteiger partial charge in [0.05, 0.1) is 21.3 Å². The standard InChI is InChI=1S/C17H21O6/c1-17(2,23-11-18)10-13(19)7-6-12-8-14(20-3)16(22-5)15(9-12)21-4/h6-9H,10H2,1-5H3.